The molecule has 1 fully saturated rings. The van der Waals surface area contributed by atoms with Crippen molar-refractivity contribution in [3.05, 3.63) is 150 Å². The molecule has 60 heavy (non-hydrogen) atoms. The van der Waals surface area contributed by atoms with E-state index in [1.165, 1.54) is 0 Å². The zero-order chi connectivity index (χ0) is 43.1. The molecule has 0 bridgehead atoms. The number of benzene rings is 3. The second kappa shape index (κ2) is 18.3. The van der Waals surface area contributed by atoms with Crippen molar-refractivity contribution in [1.82, 2.24) is 0 Å². The summed E-state index contributed by atoms with van der Waals surface area (Å²) in [6, 6.07) is 19.0. The van der Waals surface area contributed by atoms with Crippen molar-refractivity contribution >= 4 is 29.8 Å². The van der Waals surface area contributed by atoms with Crippen molar-refractivity contribution in [2.75, 3.05) is 6.61 Å². The van der Waals surface area contributed by atoms with E-state index in [4.69, 9.17) is 28.8 Å². The molecule has 0 heterocycles. The lowest BCUT2D eigenvalue weighted by Gasteiger charge is -2.34. The van der Waals surface area contributed by atoms with Crippen LogP contribution < -0.4 is 14.2 Å². The summed E-state index contributed by atoms with van der Waals surface area (Å²) in [5, 5.41) is 9.33. The van der Waals surface area contributed by atoms with Gasteiger partial charge in [0.2, 0.25) is 0 Å². The maximum Gasteiger partial charge on any atom is 0.343 e. The zero-order valence-corrected chi connectivity index (χ0v) is 35.4. The van der Waals surface area contributed by atoms with Gasteiger partial charge in [-0.05, 0) is 127 Å². The summed E-state index contributed by atoms with van der Waals surface area (Å²) in [5.41, 5.74) is 1.28. The molecule has 0 spiro atoms. The number of carbonyl (C=O) groups is 3. The molecule has 4 unspecified atom stereocenters. The predicted molar refractivity (Wildman–Crippen MR) is 234 cm³/mol. The fourth-order valence-corrected chi connectivity index (χ4v) is 7.94. The molecule has 312 valence electrons. The Morgan fingerprint density at radius 3 is 1.85 bits per heavy atom. The van der Waals surface area contributed by atoms with E-state index in [0.717, 1.165) is 17.4 Å². The average Bonchev–Trinajstić information content (AvgIpc) is 3.51. The summed E-state index contributed by atoms with van der Waals surface area (Å²) in [4.78, 5) is 38.2. The number of hydrogen-bond acceptors (Lipinski definition) is 10. The molecule has 10 heteroatoms. The van der Waals surface area contributed by atoms with Crippen molar-refractivity contribution < 1.29 is 38.1 Å². The SMILES string of the molecule is C=CC(=O)OC(C)(C)CC(C)(C)Oc1ccc(C(=O)OCCc2ccc(OC(=O)c3ccc(OC(C)(C)C)cc3)c(/C=N/N=C3C4C=CC=CC4C4C=CC=CC34)c2)cc1. The topological polar surface area (TPSA) is 122 Å². The summed E-state index contributed by atoms with van der Waals surface area (Å²) >= 11 is 0. The molecule has 6 rings (SSSR count). The normalized spacial score (nSPS) is 19.4. The van der Waals surface area contributed by atoms with Gasteiger partial charge in [-0.3, -0.25) is 0 Å². The van der Waals surface area contributed by atoms with Crippen LogP contribution in [-0.4, -0.2) is 53.2 Å². The van der Waals surface area contributed by atoms with Gasteiger partial charge < -0.3 is 23.7 Å². The van der Waals surface area contributed by atoms with Gasteiger partial charge in [0.25, 0.3) is 0 Å². The van der Waals surface area contributed by atoms with Crippen LogP contribution in [-0.2, 0) is 20.7 Å². The summed E-state index contributed by atoms with van der Waals surface area (Å²) in [6.07, 6.45) is 20.7. The van der Waals surface area contributed by atoms with Crippen LogP contribution >= 0.6 is 0 Å². The monoisotopic (exact) mass is 810 g/mol. The Morgan fingerprint density at radius 1 is 0.700 bits per heavy atom. The predicted octanol–water partition coefficient (Wildman–Crippen LogP) is 10.0. The highest BCUT2D eigenvalue weighted by atomic mass is 16.6. The van der Waals surface area contributed by atoms with Crippen molar-refractivity contribution in [3.8, 4) is 17.2 Å². The molecule has 0 aliphatic heterocycles. The number of hydrogen-bond donors (Lipinski definition) is 0. The molecule has 3 aromatic rings. The van der Waals surface area contributed by atoms with Gasteiger partial charge in [-0.1, -0.05) is 61.3 Å². The Balaban J connectivity index is 1.13. The molecular weight excluding hydrogens is 757 g/mol. The Hall–Kier alpha value is -6.29. The van der Waals surface area contributed by atoms with Crippen molar-refractivity contribution in [2.24, 2.45) is 33.9 Å². The van der Waals surface area contributed by atoms with Crippen molar-refractivity contribution in [1.29, 1.82) is 0 Å². The Labute approximate surface area is 353 Å². The van der Waals surface area contributed by atoms with Crippen LogP contribution in [0.5, 0.6) is 17.2 Å². The van der Waals surface area contributed by atoms with Gasteiger partial charge in [-0.25, -0.2) is 14.4 Å². The van der Waals surface area contributed by atoms with Crippen LogP contribution in [0.15, 0.2) is 138 Å². The summed E-state index contributed by atoms with van der Waals surface area (Å²) < 4.78 is 29.1. The highest BCUT2D eigenvalue weighted by Crippen LogP contribution is 2.45. The lowest BCUT2D eigenvalue weighted by atomic mass is 9.83. The third-order valence-electron chi connectivity index (χ3n) is 10.1. The van der Waals surface area contributed by atoms with Gasteiger partial charge in [-0.15, -0.1) is 0 Å². The third kappa shape index (κ3) is 11.5. The molecule has 0 N–H and O–H groups in total. The van der Waals surface area contributed by atoms with Crippen LogP contribution in [0.2, 0.25) is 0 Å². The molecule has 0 amide bonds. The minimum absolute atomic E-state index is 0.107. The van der Waals surface area contributed by atoms with E-state index in [-0.39, 0.29) is 24.0 Å². The summed E-state index contributed by atoms with van der Waals surface area (Å²) in [7, 11) is 0. The van der Waals surface area contributed by atoms with Gasteiger partial charge in [0.05, 0.1) is 29.7 Å². The molecule has 4 atom stereocenters. The van der Waals surface area contributed by atoms with Gasteiger partial charge in [0, 0.05) is 36.3 Å². The van der Waals surface area contributed by atoms with Crippen LogP contribution in [0, 0.1) is 23.7 Å². The number of ether oxygens (including phenoxy) is 5. The molecule has 0 aromatic heterocycles. The van der Waals surface area contributed by atoms with Crippen molar-refractivity contribution in [2.45, 2.75) is 78.1 Å². The van der Waals surface area contributed by atoms with Crippen LogP contribution in [0.3, 0.4) is 0 Å². The zero-order valence-electron chi connectivity index (χ0n) is 35.4. The van der Waals surface area contributed by atoms with Crippen LogP contribution in [0.25, 0.3) is 0 Å². The highest BCUT2D eigenvalue weighted by molar-refractivity contribution is 5.97. The number of allylic oxidation sites excluding steroid dienone is 8. The second-order valence-corrected chi connectivity index (χ2v) is 17.3. The summed E-state index contributed by atoms with van der Waals surface area (Å²) in [6.45, 7) is 16.9. The number of rotatable bonds is 15. The first kappa shape index (κ1) is 43.3. The van der Waals surface area contributed by atoms with Gasteiger partial charge >= 0.3 is 17.9 Å². The van der Waals surface area contributed by atoms with Crippen LogP contribution in [0.1, 0.15) is 86.7 Å². The van der Waals surface area contributed by atoms with E-state index < -0.39 is 29.1 Å². The number of carbonyl (C=O) groups excluding carboxylic acids is 3. The van der Waals surface area contributed by atoms with E-state index in [1.807, 2.05) is 60.6 Å². The van der Waals surface area contributed by atoms with E-state index in [1.54, 1.807) is 60.8 Å². The fraction of sp³-hybridized carbons (Fsp3) is 0.340. The molecule has 0 saturated heterocycles. The van der Waals surface area contributed by atoms with Gasteiger partial charge in [-0.2, -0.15) is 10.2 Å². The Bertz CT molecular complexity index is 2220. The minimum Gasteiger partial charge on any atom is -0.488 e. The average molecular weight is 811 g/mol. The molecule has 3 aromatic carbocycles. The van der Waals surface area contributed by atoms with E-state index >= 15 is 0 Å². The molecule has 3 aliphatic rings. The van der Waals surface area contributed by atoms with Gasteiger partial charge in [0.15, 0.2) is 0 Å². The molecule has 1 saturated carbocycles. The number of esters is 3. The lowest BCUT2D eigenvalue weighted by molar-refractivity contribution is -0.154. The largest absolute Gasteiger partial charge is 0.488 e. The highest BCUT2D eigenvalue weighted by Gasteiger charge is 2.45. The molecule has 0 radical (unpaired) electrons. The van der Waals surface area contributed by atoms with Crippen molar-refractivity contribution in [3.63, 3.8) is 0 Å². The molecular formula is C50H54N2O8. The molecule has 10 nitrogen and oxygen atoms in total. The maximum atomic E-state index is 13.4. The first-order valence-electron chi connectivity index (χ1n) is 20.3. The third-order valence-corrected chi connectivity index (χ3v) is 10.1. The minimum atomic E-state index is -0.779. The standard InChI is InChI=1S/C50H54N2O8/c1-9-44(53)60-50(7,8)32-49(5,6)59-38-25-19-34(20-26-38)46(54)56-29-28-33-18-27-43(57-47(55)35-21-23-37(24-22-35)58-48(2,3)4)36(30-33)31-51-52-45-41-16-12-10-14-39(41)40-15-11-13-17-42(40)45/h9-27,30-31,39-42H,1,28-29,32H2,2-8H3/b51-31+,52-45?. The first-order chi connectivity index (χ1) is 28.5. The van der Waals surface area contributed by atoms with E-state index in [9.17, 15) is 14.4 Å². The van der Waals surface area contributed by atoms with Gasteiger partial charge in [0.1, 0.15) is 34.1 Å². The smallest absolute Gasteiger partial charge is 0.343 e. The Kier molecular flexibility index (Phi) is 13.2. The summed E-state index contributed by atoms with van der Waals surface area (Å²) in [5.74, 6) is 0.924. The first-order valence-corrected chi connectivity index (χ1v) is 20.3. The molecule has 3 aliphatic carbocycles. The van der Waals surface area contributed by atoms with Crippen LogP contribution in [0.4, 0.5) is 0 Å². The number of fused-ring (bicyclic) bond motifs is 3. The quantitative estimate of drug-likeness (QED) is 0.0489. The Morgan fingerprint density at radius 2 is 1.27 bits per heavy atom. The maximum absolute atomic E-state index is 13.4. The van der Waals surface area contributed by atoms with E-state index in [0.29, 0.717) is 58.6 Å². The second-order valence-electron chi connectivity index (χ2n) is 17.3. The fourth-order valence-electron chi connectivity index (χ4n) is 7.94. The number of nitrogens with zero attached hydrogens (tertiary/aromatic N) is 2. The van der Waals surface area contributed by atoms with E-state index in [2.05, 4.69) is 60.3 Å². The lowest BCUT2D eigenvalue weighted by Crippen LogP contribution is -2.40.